The molecule has 100 valence electrons. The Balaban J connectivity index is 3.03. The van der Waals surface area contributed by atoms with Crippen LogP contribution in [0.25, 0.3) is 0 Å². The lowest BCUT2D eigenvalue weighted by Crippen LogP contribution is -2.53. The van der Waals surface area contributed by atoms with Crippen molar-refractivity contribution in [3.8, 4) is 0 Å². The van der Waals surface area contributed by atoms with Gasteiger partial charge in [0.1, 0.15) is 5.82 Å². The summed E-state index contributed by atoms with van der Waals surface area (Å²) in [5.74, 6) is -0.802. The van der Waals surface area contributed by atoms with Crippen LogP contribution in [-0.2, 0) is 4.79 Å². The molecule has 1 aromatic rings. The van der Waals surface area contributed by atoms with E-state index in [1.165, 1.54) is 6.07 Å². The fraction of sp³-hybridized carbons (Fsp3) is 0.462. The highest BCUT2D eigenvalue weighted by molar-refractivity contribution is 9.10. The molecule has 1 rings (SSSR count). The molecule has 0 aromatic heterocycles. The van der Waals surface area contributed by atoms with Crippen molar-refractivity contribution in [2.75, 3.05) is 5.32 Å². The van der Waals surface area contributed by atoms with Gasteiger partial charge in [-0.25, -0.2) is 4.39 Å². The molecule has 0 aliphatic carbocycles. The van der Waals surface area contributed by atoms with E-state index in [9.17, 15) is 9.18 Å². The molecule has 0 saturated carbocycles. The molecule has 0 fully saturated rings. The van der Waals surface area contributed by atoms with Crippen LogP contribution < -0.4 is 11.1 Å². The summed E-state index contributed by atoms with van der Waals surface area (Å²) >= 11 is 3.21. The number of benzene rings is 1. The van der Waals surface area contributed by atoms with Gasteiger partial charge in [0, 0.05) is 10.0 Å². The molecule has 18 heavy (non-hydrogen) atoms. The molecule has 0 atom stereocenters. The molecular formula is C13H18BrFN2O. The fourth-order valence-electron chi connectivity index (χ4n) is 1.18. The second-order valence-electron chi connectivity index (χ2n) is 5.40. The minimum absolute atomic E-state index is 0.139. The maximum atomic E-state index is 13.6. The molecule has 0 spiro atoms. The van der Waals surface area contributed by atoms with Crippen molar-refractivity contribution in [2.24, 2.45) is 11.1 Å². The molecule has 0 radical (unpaired) electrons. The summed E-state index contributed by atoms with van der Waals surface area (Å²) in [5.41, 5.74) is 4.58. The van der Waals surface area contributed by atoms with E-state index in [2.05, 4.69) is 21.2 Å². The van der Waals surface area contributed by atoms with Gasteiger partial charge in [-0.3, -0.25) is 4.79 Å². The first-order valence-electron chi connectivity index (χ1n) is 5.61. The highest BCUT2D eigenvalue weighted by atomic mass is 79.9. The lowest BCUT2D eigenvalue weighted by molar-refractivity contribution is -0.126. The van der Waals surface area contributed by atoms with E-state index in [0.29, 0.717) is 4.47 Å². The molecule has 1 amide bonds. The van der Waals surface area contributed by atoms with Crippen LogP contribution in [0.2, 0.25) is 0 Å². The van der Waals surface area contributed by atoms with Crippen molar-refractivity contribution >= 4 is 27.5 Å². The number of nitrogens with two attached hydrogens (primary N) is 1. The first kappa shape index (κ1) is 15.1. The molecule has 3 nitrogen and oxygen atoms in total. The van der Waals surface area contributed by atoms with E-state index in [0.717, 1.165) is 0 Å². The third kappa shape index (κ3) is 2.90. The number of nitrogens with one attached hydrogen (secondary N) is 1. The Bertz CT molecular complexity index is 446. The van der Waals surface area contributed by atoms with E-state index in [1.54, 1.807) is 39.8 Å². The molecule has 5 heteroatoms. The molecule has 3 N–H and O–H groups in total. The third-order valence-corrected chi connectivity index (χ3v) is 4.04. The van der Waals surface area contributed by atoms with Crippen LogP contribution in [0.4, 0.5) is 10.1 Å². The van der Waals surface area contributed by atoms with Crippen LogP contribution in [0.3, 0.4) is 0 Å². The Labute approximate surface area is 115 Å². The summed E-state index contributed by atoms with van der Waals surface area (Å²) in [6.45, 7) is 7.00. The van der Waals surface area contributed by atoms with Crippen LogP contribution in [0.5, 0.6) is 0 Å². The van der Waals surface area contributed by atoms with Gasteiger partial charge in [0.05, 0.1) is 11.1 Å². The number of halogens is 2. The summed E-state index contributed by atoms with van der Waals surface area (Å²) < 4.78 is 14.1. The van der Waals surface area contributed by atoms with Crippen LogP contribution in [-0.4, -0.2) is 11.4 Å². The SMILES string of the molecule is CC(C)(N)C(C)(C)C(=O)Nc1c(F)cccc1Br. The number of amides is 1. The Kier molecular flexibility index (Phi) is 4.18. The summed E-state index contributed by atoms with van der Waals surface area (Å²) in [6, 6.07) is 4.52. The van der Waals surface area contributed by atoms with E-state index < -0.39 is 16.8 Å². The number of carbonyl (C=O) groups excluding carboxylic acids is 1. The topological polar surface area (TPSA) is 55.1 Å². The van der Waals surface area contributed by atoms with Crippen molar-refractivity contribution in [2.45, 2.75) is 33.2 Å². The summed E-state index contributed by atoms with van der Waals surface area (Å²) in [4.78, 5) is 12.2. The number of hydrogen-bond donors (Lipinski definition) is 2. The van der Waals surface area contributed by atoms with Gasteiger partial charge in [-0.1, -0.05) is 6.07 Å². The molecule has 0 aliphatic rings. The second kappa shape index (κ2) is 4.97. The van der Waals surface area contributed by atoms with Gasteiger partial charge >= 0.3 is 0 Å². The van der Waals surface area contributed by atoms with Crippen LogP contribution in [0.15, 0.2) is 22.7 Å². The number of carbonyl (C=O) groups is 1. The van der Waals surface area contributed by atoms with E-state index in [1.807, 2.05) is 0 Å². The zero-order valence-electron chi connectivity index (χ0n) is 11.0. The quantitative estimate of drug-likeness (QED) is 0.899. The summed E-state index contributed by atoms with van der Waals surface area (Å²) in [5, 5.41) is 2.58. The average Bonchev–Trinajstić information content (AvgIpc) is 2.21. The van der Waals surface area contributed by atoms with Crippen LogP contribution in [0.1, 0.15) is 27.7 Å². The highest BCUT2D eigenvalue weighted by Gasteiger charge is 2.40. The maximum absolute atomic E-state index is 13.6. The minimum Gasteiger partial charge on any atom is -0.325 e. The molecular weight excluding hydrogens is 299 g/mol. The van der Waals surface area contributed by atoms with Gasteiger partial charge in [-0.2, -0.15) is 0 Å². The van der Waals surface area contributed by atoms with Gasteiger partial charge in [-0.15, -0.1) is 0 Å². The number of hydrogen-bond acceptors (Lipinski definition) is 2. The van der Waals surface area contributed by atoms with E-state index in [-0.39, 0.29) is 11.6 Å². The molecule has 0 bridgehead atoms. The Morgan fingerprint density at radius 3 is 2.33 bits per heavy atom. The maximum Gasteiger partial charge on any atom is 0.231 e. The van der Waals surface area contributed by atoms with Crippen LogP contribution >= 0.6 is 15.9 Å². The van der Waals surface area contributed by atoms with Crippen molar-refractivity contribution in [1.29, 1.82) is 0 Å². The van der Waals surface area contributed by atoms with Gasteiger partial charge in [0.15, 0.2) is 0 Å². The minimum atomic E-state index is -0.825. The van der Waals surface area contributed by atoms with Crippen molar-refractivity contribution < 1.29 is 9.18 Å². The third-order valence-electron chi connectivity index (χ3n) is 3.38. The lowest BCUT2D eigenvalue weighted by Gasteiger charge is -2.37. The standard InChI is InChI=1S/C13H18BrFN2O/c1-12(2,13(3,4)16)11(18)17-10-8(14)6-5-7-9(10)15/h5-7H,16H2,1-4H3,(H,17,18). The molecule has 0 saturated heterocycles. The number of anilines is 1. The van der Waals surface area contributed by atoms with Crippen molar-refractivity contribution in [3.05, 3.63) is 28.5 Å². The van der Waals surface area contributed by atoms with Gasteiger partial charge in [0.25, 0.3) is 0 Å². The highest BCUT2D eigenvalue weighted by Crippen LogP contribution is 2.32. The van der Waals surface area contributed by atoms with Gasteiger partial charge < -0.3 is 11.1 Å². The van der Waals surface area contributed by atoms with Crippen molar-refractivity contribution in [3.63, 3.8) is 0 Å². The number of para-hydroxylation sites is 1. The summed E-state index contributed by atoms with van der Waals surface area (Å²) in [7, 11) is 0. The predicted molar refractivity (Wildman–Crippen MR) is 74.8 cm³/mol. The number of rotatable bonds is 3. The molecule has 0 unspecified atom stereocenters. The molecule has 1 aromatic carbocycles. The monoisotopic (exact) mass is 316 g/mol. The zero-order valence-corrected chi connectivity index (χ0v) is 12.6. The average molecular weight is 317 g/mol. The Hall–Kier alpha value is -0.940. The van der Waals surface area contributed by atoms with E-state index >= 15 is 0 Å². The lowest BCUT2D eigenvalue weighted by atomic mass is 9.74. The van der Waals surface area contributed by atoms with E-state index in [4.69, 9.17) is 5.73 Å². The Morgan fingerprint density at radius 2 is 1.89 bits per heavy atom. The predicted octanol–water partition coefficient (Wildman–Crippen LogP) is 3.29. The smallest absolute Gasteiger partial charge is 0.231 e. The molecule has 0 aliphatic heterocycles. The zero-order chi connectivity index (χ0) is 14.1. The largest absolute Gasteiger partial charge is 0.325 e. The Morgan fingerprint density at radius 1 is 1.33 bits per heavy atom. The normalized spacial score (nSPS) is 12.4. The van der Waals surface area contributed by atoms with Crippen molar-refractivity contribution in [1.82, 2.24) is 0 Å². The van der Waals surface area contributed by atoms with Crippen LogP contribution in [0, 0.1) is 11.2 Å². The second-order valence-corrected chi connectivity index (χ2v) is 6.25. The van der Waals surface area contributed by atoms with Gasteiger partial charge in [0.2, 0.25) is 5.91 Å². The summed E-state index contributed by atoms with van der Waals surface area (Å²) in [6.07, 6.45) is 0. The first-order chi connectivity index (χ1) is 8.07. The fourth-order valence-corrected chi connectivity index (χ4v) is 1.62. The van der Waals surface area contributed by atoms with Gasteiger partial charge in [-0.05, 0) is 55.8 Å². The first-order valence-corrected chi connectivity index (χ1v) is 6.41. The molecule has 0 heterocycles.